The molecule has 6 nitrogen and oxygen atoms in total. The molecule has 7 heteroatoms. The lowest BCUT2D eigenvalue weighted by atomic mass is 9.76. The molecule has 2 atom stereocenters. The number of aromatic nitrogens is 2. The summed E-state index contributed by atoms with van der Waals surface area (Å²) in [4.78, 5) is 16.0. The minimum absolute atomic E-state index is 0.0756. The molecule has 0 N–H and O–H groups in total. The van der Waals surface area contributed by atoms with Gasteiger partial charge in [-0.25, -0.2) is 4.31 Å². The van der Waals surface area contributed by atoms with Crippen molar-refractivity contribution in [3.05, 3.63) is 46.9 Å². The lowest BCUT2D eigenvalue weighted by molar-refractivity contribution is 0.162. The predicted octanol–water partition coefficient (Wildman–Crippen LogP) is 5.39. The highest BCUT2D eigenvalue weighted by Gasteiger charge is 2.37. The molecule has 2 unspecified atom stereocenters. The van der Waals surface area contributed by atoms with Crippen LogP contribution in [-0.2, 0) is 0 Å². The third kappa shape index (κ3) is 5.62. The highest BCUT2D eigenvalue weighted by atomic mass is 32.2. The van der Waals surface area contributed by atoms with E-state index in [4.69, 9.17) is 4.74 Å². The zero-order valence-electron chi connectivity index (χ0n) is 21.4. The first-order valence-corrected chi connectivity index (χ1v) is 13.6. The number of piperazine rings is 1. The van der Waals surface area contributed by atoms with Crippen LogP contribution in [0, 0.1) is 11.3 Å². The van der Waals surface area contributed by atoms with Crippen LogP contribution in [-0.4, -0.2) is 51.6 Å². The third-order valence-electron chi connectivity index (χ3n) is 7.54. The Morgan fingerprint density at radius 2 is 1.82 bits per heavy atom. The Bertz CT molecular complexity index is 999. The number of benzene rings is 1. The Labute approximate surface area is 208 Å². The molecule has 2 heterocycles. The molecule has 2 aliphatic rings. The monoisotopic (exact) mass is 484 g/mol. The lowest BCUT2D eigenvalue weighted by Gasteiger charge is -2.36. The van der Waals surface area contributed by atoms with Crippen molar-refractivity contribution in [2.24, 2.45) is 11.3 Å². The maximum atomic E-state index is 13.7. The van der Waals surface area contributed by atoms with E-state index in [1.54, 1.807) is 0 Å². The highest BCUT2D eigenvalue weighted by molar-refractivity contribution is 7.97. The summed E-state index contributed by atoms with van der Waals surface area (Å²) in [6.07, 6.45) is 6.23. The molecule has 1 aromatic carbocycles. The molecule has 0 bridgehead atoms. The topological polar surface area (TPSA) is 50.6 Å². The van der Waals surface area contributed by atoms with E-state index in [2.05, 4.69) is 48.9 Å². The normalized spacial score (nSPS) is 21.9. The van der Waals surface area contributed by atoms with E-state index in [0.717, 1.165) is 63.2 Å². The second kappa shape index (κ2) is 10.7. The molecular weight excluding hydrogens is 444 g/mol. The van der Waals surface area contributed by atoms with Gasteiger partial charge in [-0.1, -0.05) is 71.2 Å². The van der Waals surface area contributed by atoms with Gasteiger partial charge in [0, 0.05) is 31.4 Å². The van der Waals surface area contributed by atoms with Gasteiger partial charge in [0.15, 0.2) is 0 Å². The van der Waals surface area contributed by atoms with Gasteiger partial charge in [-0.15, -0.1) is 0 Å². The van der Waals surface area contributed by atoms with Gasteiger partial charge in [-0.05, 0) is 42.7 Å². The van der Waals surface area contributed by atoms with E-state index < -0.39 is 0 Å². The SMILES string of the molecule is CCC(C)(C)C1CCC(Oc2c(N3CCN(SC(C)C)CC3)cnn(-c3ccccc3)c2=O)C1. The van der Waals surface area contributed by atoms with Crippen molar-refractivity contribution in [1.29, 1.82) is 0 Å². The molecule has 2 fully saturated rings. The molecule has 34 heavy (non-hydrogen) atoms. The Balaban J connectivity index is 1.61. The molecule has 1 aliphatic carbocycles. The van der Waals surface area contributed by atoms with Crippen LogP contribution < -0.4 is 15.2 Å². The second-order valence-corrected chi connectivity index (χ2v) is 12.2. The number of hydrogen-bond acceptors (Lipinski definition) is 6. The van der Waals surface area contributed by atoms with Crippen LogP contribution in [0.25, 0.3) is 5.69 Å². The van der Waals surface area contributed by atoms with Crippen LogP contribution in [0.3, 0.4) is 0 Å². The number of hydrogen-bond donors (Lipinski definition) is 0. The summed E-state index contributed by atoms with van der Waals surface area (Å²) < 4.78 is 10.5. The zero-order valence-corrected chi connectivity index (χ0v) is 22.2. The van der Waals surface area contributed by atoms with Crippen molar-refractivity contribution in [2.45, 2.75) is 71.7 Å². The van der Waals surface area contributed by atoms with Crippen molar-refractivity contribution in [1.82, 2.24) is 14.1 Å². The Morgan fingerprint density at radius 1 is 1.12 bits per heavy atom. The number of anilines is 1. The number of para-hydroxylation sites is 1. The van der Waals surface area contributed by atoms with Crippen molar-refractivity contribution in [3.63, 3.8) is 0 Å². The maximum Gasteiger partial charge on any atom is 0.316 e. The Hall–Kier alpha value is -1.99. The highest BCUT2D eigenvalue weighted by Crippen LogP contribution is 2.43. The van der Waals surface area contributed by atoms with Gasteiger partial charge in [0.25, 0.3) is 0 Å². The molecule has 4 rings (SSSR count). The molecule has 186 valence electrons. The van der Waals surface area contributed by atoms with Gasteiger partial charge in [-0.2, -0.15) is 9.78 Å². The Morgan fingerprint density at radius 3 is 2.47 bits per heavy atom. The fraction of sp³-hybridized carbons (Fsp3) is 0.630. The summed E-state index contributed by atoms with van der Waals surface area (Å²) in [5, 5.41) is 5.13. The molecule has 1 saturated carbocycles. The van der Waals surface area contributed by atoms with Gasteiger partial charge in [-0.3, -0.25) is 4.79 Å². The largest absolute Gasteiger partial charge is 0.483 e. The van der Waals surface area contributed by atoms with Gasteiger partial charge >= 0.3 is 5.56 Å². The second-order valence-electron chi connectivity index (χ2n) is 10.6. The summed E-state index contributed by atoms with van der Waals surface area (Å²) in [6.45, 7) is 15.1. The van der Waals surface area contributed by atoms with Crippen LogP contribution in [0.4, 0.5) is 5.69 Å². The maximum absolute atomic E-state index is 13.7. The molecule has 1 aliphatic heterocycles. The van der Waals surface area contributed by atoms with E-state index in [-0.39, 0.29) is 11.7 Å². The fourth-order valence-corrected chi connectivity index (χ4v) is 6.03. The van der Waals surface area contributed by atoms with Gasteiger partial charge < -0.3 is 9.64 Å². The quantitative estimate of drug-likeness (QED) is 0.468. The molecule has 1 aromatic heterocycles. The van der Waals surface area contributed by atoms with Crippen molar-refractivity contribution in [3.8, 4) is 11.4 Å². The summed E-state index contributed by atoms with van der Waals surface area (Å²) in [6, 6.07) is 9.63. The van der Waals surface area contributed by atoms with E-state index in [1.165, 1.54) is 4.68 Å². The third-order valence-corrected chi connectivity index (χ3v) is 8.63. The molecular formula is C27H40N4O2S. The van der Waals surface area contributed by atoms with Crippen molar-refractivity contribution >= 4 is 17.6 Å². The van der Waals surface area contributed by atoms with E-state index in [0.29, 0.717) is 22.3 Å². The van der Waals surface area contributed by atoms with Gasteiger partial charge in [0.2, 0.25) is 5.75 Å². The van der Waals surface area contributed by atoms with Crippen LogP contribution in [0.15, 0.2) is 41.3 Å². The first-order chi connectivity index (χ1) is 16.3. The predicted molar refractivity (Wildman–Crippen MR) is 142 cm³/mol. The van der Waals surface area contributed by atoms with E-state index in [9.17, 15) is 4.79 Å². The first kappa shape index (κ1) is 25.1. The molecule has 0 radical (unpaired) electrons. The summed E-state index contributed by atoms with van der Waals surface area (Å²) in [5.74, 6) is 1.09. The summed E-state index contributed by atoms with van der Waals surface area (Å²) in [5.41, 5.74) is 1.73. The smallest absolute Gasteiger partial charge is 0.316 e. The van der Waals surface area contributed by atoms with Crippen molar-refractivity contribution in [2.75, 3.05) is 31.1 Å². The van der Waals surface area contributed by atoms with Crippen LogP contribution in [0.2, 0.25) is 0 Å². The fourth-order valence-electron chi connectivity index (χ4n) is 5.06. The van der Waals surface area contributed by atoms with E-state index in [1.807, 2.05) is 48.5 Å². The van der Waals surface area contributed by atoms with Crippen LogP contribution in [0.5, 0.6) is 5.75 Å². The number of rotatable bonds is 8. The average molecular weight is 485 g/mol. The standard InChI is InChI=1S/C27H40N4O2S/c1-6-27(4,5)21-12-13-23(18-21)33-25-24(29-14-16-30(17-15-29)34-20(2)3)19-28-31(26(25)32)22-10-8-7-9-11-22/h7-11,19-21,23H,6,12-18H2,1-5H3. The minimum atomic E-state index is -0.166. The van der Waals surface area contributed by atoms with E-state index >= 15 is 0 Å². The molecule has 2 aromatic rings. The first-order valence-electron chi connectivity index (χ1n) is 12.8. The van der Waals surface area contributed by atoms with Crippen LogP contribution >= 0.6 is 11.9 Å². The molecule has 0 spiro atoms. The van der Waals surface area contributed by atoms with Crippen molar-refractivity contribution < 1.29 is 4.74 Å². The molecule has 0 amide bonds. The summed E-state index contributed by atoms with van der Waals surface area (Å²) >= 11 is 1.90. The number of ether oxygens (including phenoxy) is 1. The number of nitrogens with zero attached hydrogens (tertiary/aromatic N) is 4. The average Bonchev–Trinajstić information content (AvgIpc) is 3.31. The minimum Gasteiger partial charge on any atom is -0.483 e. The lowest BCUT2D eigenvalue weighted by Crippen LogP contribution is -2.45. The Kier molecular flexibility index (Phi) is 7.93. The zero-order chi connectivity index (χ0) is 24.3. The van der Waals surface area contributed by atoms with Gasteiger partial charge in [0.1, 0.15) is 5.69 Å². The molecule has 1 saturated heterocycles. The summed E-state index contributed by atoms with van der Waals surface area (Å²) in [7, 11) is 0. The van der Waals surface area contributed by atoms with Crippen LogP contribution in [0.1, 0.15) is 60.3 Å². The van der Waals surface area contributed by atoms with Gasteiger partial charge in [0.05, 0.1) is 18.0 Å².